The van der Waals surface area contributed by atoms with Crippen molar-refractivity contribution < 1.29 is 22.5 Å². The van der Waals surface area contributed by atoms with Gasteiger partial charge in [0.15, 0.2) is 0 Å². The van der Waals surface area contributed by atoms with Gasteiger partial charge in [-0.25, -0.2) is 4.79 Å². The van der Waals surface area contributed by atoms with E-state index in [9.17, 15) is 32.5 Å². The number of benzene rings is 1. The predicted molar refractivity (Wildman–Crippen MR) is 70.1 cm³/mol. The lowest BCUT2D eigenvalue weighted by Crippen LogP contribution is -2.23. The predicted octanol–water partition coefficient (Wildman–Crippen LogP) is 1.68. The van der Waals surface area contributed by atoms with Crippen molar-refractivity contribution in [1.29, 1.82) is 0 Å². The first-order valence-electron chi connectivity index (χ1n) is 6.65. The molecule has 1 saturated carbocycles. The van der Waals surface area contributed by atoms with Crippen LogP contribution in [0.5, 0.6) is 0 Å². The monoisotopic (exact) mass is 347 g/mol. The van der Waals surface area contributed by atoms with Gasteiger partial charge in [-0.2, -0.15) is 26.9 Å². The van der Waals surface area contributed by atoms with Crippen LogP contribution in [-0.2, 0) is 7.05 Å². The van der Waals surface area contributed by atoms with E-state index in [1.165, 1.54) is 7.05 Å². The van der Waals surface area contributed by atoms with E-state index in [4.69, 9.17) is 0 Å². The molecule has 0 N–H and O–H groups in total. The molecule has 8 nitrogen and oxygen atoms in total. The number of tetrazole rings is 1. The molecule has 1 aromatic carbocycles. The van der Waals surface area contributed by atoms with E-state index in [1.807, 2.05) is 0 Å². The van der Waals surface area contributed by atoms with E-state index >= 15 is 0 Å². The summed E-state index contributed by atoms with van der Waals surface area (Å²) in [6.07, 6.45) is -4.77. The zero-order valence-corrected chi connectivity index (χ0v) is 12.0. The number of alkyl halides is 3. The molecule has 2 atom stereocenters. The molecule has 12 heteroatoms. The standard InChI is InChI=1S/C12H9F4N5O3/c1-19-11(22)20(18-17-19)9-4-10(21(23)24)8(13)3-6(9)5-2-7(5)12(14,15)16/h3-5,7H,2H2,1H3/t5-,7?/m1/s1. The van der Waals surface area contributed by atoms with E-state index in [1.54, 1.807) is 0 Å². The van der Waals surface area contributed by atoms with E-state index in [0.29, 0.717) is 16.8 Å². The average molecular weight is 347 g/mol. The fraction of sp³-hybridized carbons (Fsp3) is 0.417. The molecule has 1 fully saturated rings. The number of aromatic nitrogens is 4. The molecular formula is C12H9F4N5O3. The summed E-state index contributed by atoms with van der Waals surface area (Å²) in [5.74, 6) is -4.06. The highest BCUT2D eigenvalue weighted by molar-refractivity contribution is 5.53. The van der Waals surface area contributed by atoms with Gasteiger partial charge in [0, 0.05) is 13.1 Å². The van der Waals surface area contributed by atoms with Crippen molar-refractivity contribution in [2.45, 2.75) is 18.5 Å². The van der Waals surface area contributed by atoms with E-state index < -0.39 is 40.1 Å². The molecule has 0 bridgehead atoms. The molecule has 0 radical (unpaired) electrons. The highest BCUT2D eigenvalue weighted by atomic mass is 19.4. The molecule has 1 aliphatic rings. The highest BCUT2D eigenvalue weighted by Crippen LogP contribution is 2.57. The lowest BCUT2D eigenvalue weighted by Gasteiger charge is -2.10. The lowest BCUT2D eigenvalue weighted by atomic mass is 10.0. The third-order valence-corrected chi connectivity index (χ3v) is 3.85. The minimum absolute atomic E-state index is 0.164. The van der Waals surface area contributed by atoms with Crippen molar-refractivity contribution in [2.24, 2.45) is 13.0 Å². The van der Waals surface area contributed by atoms with Gasteiger partial charge in [-0.05, 0) is 34.4 Å². The molecule has 0 aliphatic heterocycles. The Kier molecular flexibility index (Phi) is 3.42. The van der Waals surface area contributed by atoms with Crippen LogP contribution in [0.1, 0.15) is 17.9 Å². The fourth-order valence-corrected chi connectivity index (χ4v) is 2.55. The van der Waals surface area contributed by atoms with Crippen LogP contribution in [0, 0.1) is 21.8 Å². The number of rotatable bonds is 3. The van der Waals surface area contributed by atoms with Crippen LogP contribution in [-0.4, -0.2) is 30.9 Å². The van der Waals surface area contributed by atoms with Crippen LogP contribution in [0.25, 0.3) is 5.69 Å². The first kappa shape index (κ1) is 16.1. The van der Waals surface area contributed by atoms with Crippen LogP contribution >= 0.6 is 0 Å². The SMILES string of the molecule is Cn1nnn(-c2cc([N+](=O)[O-])c(F)cc2[C@H]2CC2C(F)(F)F)c1=O. The van der Waals surface area contributed by atoms with Crippen LogP contribution in [0.2, 0.25) is 0 Å². The summed E-state index contributed by atoms with van der Waals surface area (Å²) in [5, 5.41) is 17.7. The van der Waals surface area contributed by atoms with Crippen molar-refractivity contribution in [3.8, 4) is 5.69 Å². The Morgan fingerprint density at radius 3 is 2.46 bits per heavy atom. The zero-order chi connectivity index (χ0) is 17.8. The van der Waals surface area contributed by atoms with Gasteiger partial charge in [-0.3, -0.25) is 10.1 Å². The van der Waals surface area contributed by atoms with Crippen LogP contribution < -0.4 is 5.69 Å². The largest absolute Gasteiger partial charge is 0.392 e. The molecule has 3 rings (SSSR count). The minimum Gasteiger partial charge on any atom is -0.258 e. The molecule has 0 saturated heterocycles. The second-order valence-corrected chi connectivity index (χ2v) is 5.41. The number of nitrogens with zero attached hydrogens (tertiary/aromatic N) is 5. The van der Waals surface area contributed by atoms with Crippen molar-refractivity contribution in [1.82, 2.24) is 19.8 Å². The lowest BCUT2D eigenvalue weighted by molar-refractivity contribution is -0.387. The Labute approximate surface area is 130 Å². The average Bonchev–Trinajstić information content (AvgIpc) is 3.22. The molecule has 24 heavy (non-hydrogen) atoms. The van der Waals surface area contributed by atoms with Gasteiger partial charge >= 0.3 is 17.6 Å². The van der Waals surface area contributed by atoms with E-state index in [2.05, 4.69) is 10.4 Å². The molecule has 1 unspecified atom stereocenters. The van der Waals surface area contributed by atoms with Crippen molar-refractivity contribution in [3.05, 3.63) is 44.1 Å². The van der Waals surface area contributed by atoms with Gasteiger partial charge in [0.25, 0.3) is 0 Å². The molecule has 1 aliphatic carbocycles. The Balaban J connectivity index is 2.18. The van der Waals surface area contributed by atoms with Gasteiger partial charge in [0.1, 0.15) is 0 Å². The van der Waals surface area contributed by atoms with Crippen LogP contribution in [0.4, 0.5) is 23.2 Å². The maximum Gasteiger partial charge on any atom is 0.392 e. The minimum atomic E-state index is -4.48. The van der Waals surface area contributed by atoms with Crippen molar-refractivity contribution >= 4 is 5.69 Å². The molecule has 0 spiro atoms. The fourth-order valence-electron chi connectivity index (χ4n) is 2.55. The summed E-state index contributed by atoms with van der Waals surface area (Å²) in [6, 6.07) is 1.36. The number of aryl methyl sites for hydroxylation is 1. The third kappa shape index (κ3) is 2.53. The summed E-state index contributed by atoms with van der Waals surface area (Å²) in [7, 11) is 1.25. The molecule has 1 heterocycles. The van der Waals surface area contributed by atoms with Crippen LogP contribution in [0.15, 0.2) is 16.9 Å². The summed E-state index contributed by atoms with van der Waals surface area (Å²) in [6.45, 7) is 0. The summed E-state index contributed by atoms with van der Waals surface area (Å²) < 4.78 is 53.7. The maximum atomic E-state index is 13.9. The summed E-state index contributed by atoms with van der Waals surface area (Å²) >= 11 is 0. The molecule has 2 aromatic rings. The highest BCUT2D eigenvalue weighted by Gasteiger charge is 2.57. The molecule has 1 aromatic heterocycles. The van der Waals surface area contributed by atoms with Gasteiger partial charge in [-0.15, -0.1) is 0 Å². The maximum absolute atomic E-state index is 13.9. The van der Waals surface area contributed by atoms with Crippen molar-refractivity contribution in [3.63, 3.8) is 0 Å². The van der Waals surface area contributed by atoms with Gasteiger partial charge in [0.05, 0.1) is 16.5 Å². The number of nitro groups is 1. The molecule has 128 valence electrons. The normalized spacial score (nSPS) is 20.2. The number of hydrogen-bond acceptors (Lipinski definition) is 5. The molecular weight excluding hydrogens is 338 g/mol. The second kappa shape index (κ2) is 5.11. The number of nitro benzene ring substituents is 1. The van der Waals surface area contributed by atoms with Crippen molar-refractivity contribution in [2.75, 3.05) is 0 Å². The third-order valence-electron chi connectivity index (χ3n) is 3.85. The van der Waals surface area contributed by atoms with Gasteiger partial charge in [0.2, 0.25) is 5.82 Å². The van der Waals surface area contributed by atoms with Gasteiger partial charge < -0.3 is 0 Å². The Morgan fingerprint density at radius 1 is 1.33 bits per heavy atom. The van der Waals surface area contributed by atoms with E-state index in [0.717, 1.165) is 4.68 Å². The second-order valence-electron chi connectivity index (χ2n) is 5.41. The first-order chi connectivity index (χ1) is 11.1. The summed E-state index contributed by atoms with van der Waals surface area (Å²) in [4.78, 5) is 21.8. The topological polar surface area (TPSA) is 95.8 Å². The number of hydrogen-bond donors (Lipinski definition) is 0. The van der Waals surface area contributed by atoms with E-state index in [-0.39, 0.29) is 17.7 Å². The molecule has 0 amide bonds. The smallest absolute Gasteiger partial charge is 0.258 e. The summed E-state index contributed by atoms with van der Waals surface area (Å²) in [5.41, 5.74) is -2.22. The Morgan fingerprint density at radius 2 is 2.00 bits per heavy atom. The first-order valence-corrected chi connectivity index (χ1v) is 6.65. The Hall–Kier alpha value is -2.79. The quantitative estimate of drug-likeness (QED) is 0.478. The van der Waals surface area contributed by atoms with Crippen LogP contribution in [0.3, 0.4) is 0 Å². The Bertz CT molecular complexity index is 888. The number of halogens is 4. The zero-order valence-electron chi connectivity index (χ0n) is 12.0. The van der Waals surface area contributed by atoms with Gasteiger partial charge in [-0.1, -0.05) is 0 Å².